The smallest absolute Gasteiger partial charge is 0.240 e. The monoisotopic (exact) mass is 216 g/mol. The highest BCUT2D eigenvalue weighted by atomic mass is 15.3. The number of nitrogen functional groups attached to an aromatic ring is 2. The molecule has 0 bridgehead atoms. The topological polar surface area (TPSA) is 106 Å². The molecule has 0 atom stereocenters. The molecule has 0 radical (unpaired) electrons. The molecule has 0 aliphatic heterocycles. The Morgan fingerprint density at radius 3 is 2.69 bits per heavy atom. The zero-order valence-corrected chi connectivity index (χ0v) is 9.15. The number of pyridine rings is 1. The molecule has 0 saturated carbocycles. The van der Waals surface area contributed by atoms with E-state index < -0.39 is 0 Å². The van der Waals surface area contributed by atoms with E-state index in [2.05, 4.69) is 16.2 Å². The Kier molecular flexibility index (Phi) is 2.16. The van der Waals surface area contributed by atoms with Gasteiger partial charge in [0.25, 0.3) is 0 Å². The van der Waals surface area contributed by atoms with E-state index in [0.29, 0.717) is 17.0 Å². The first-order valence-electron chi connectivity index (χ1n) is 4.93. The lowest BCUT2D eigenvalue weighted by Crippen LogP contribution is -2.07. The second-order valence-electron chi connectivity index (χ2n) is 3.53. The van der Waals surface area contributed by atoms with Crippen LogP contribution < -0.4 is 11.5 Å². The van der Waals surface area contributed by atoms with E-state index in [0.717, 1.165) is 17.5 Å². The van der Waals surface area contributed by atoms with Crippen LogP contribution in [-0.2, 0) is 6.42 Å². The van der Waals surface area contributed by atoms with Crippen molar-refractivity contribution in [2.24, 2.45) is 0 Å². The highest BCUT2D eigenvalue weighted by molar-refractivity contribution is 5.66. The first-order valence-corrected chi connectivity index (χ1v) is 4.93. The quantitative estimate of drug-likeness (QED) is 0.727. The van der Waals surface area contributed by atoms with Crippen molar-refractivity contribution in [1.29, 1.82) is 5.26 Å². The molecular weight excluding hydrogens is 204 g/mol. The summed E-state index contributed by atoms with van der Waals surface area (Å²) in [7, 11) is 0. The van der Waals surface area contributed by atoms with E-state index >= 15 is 0 Å². The van der Waals surface area contributed by atoms with Gasteiger partial charge in [0.15, 0.2) is 5.65 Å². The van der Waals surface area contributed by atoms with Gasteiger partial charge >= 0.3 is 0 Å². The molecule has 2 aromatic rings. The molecule has 2 heterocycles. The Hall–Kier alpha value is -2.29. The summed E-state index contributed by atoms with van der Waals surface area (Å²) in [5, 5.41) is 13.1. The zero-order valence-electron chi connectivity index (χ0n) is 9.15. The average Bonchev–Trinajstić information content (AvgIpc) is 2.65. The number of fused-ring (bicyclic) bond motifs is 1. The molecule has 4 N–H and O–H groups in total. The second kappa shape index (κ2) is 3.38. The van der Waals surface area contributed by atoms with Crippen LogP contribution in [0.25, 0.3) is 5.65 Å². The van der Waals surface area contributed by atoms with Crippen LogP contribution in [0.1, 0.15) is 23.6 Å². The number of hydrogen-bond donors (Lipinski definition) is 2. The molecule has 6 heteroatoms. The fraction of sp³-hybridized carbons (Fsp3) is 0.300. The maximum atomic E-state index is 9.10. The zero-order chi connectivity index (χ0) is 11.9. The minimum atomic E-state index is 0.159. The third-order valence-corrected chi connectivity index (χ3v) is 2.66. The molecule has 2 aromatic heterocycles. The van der Waals surface area contributed by atoms with Crippen molar-refractivity contribution < 1.29 is 0 Å². The number of aryl methyl sites for hydroxylation is 1. The Morgan fingerprint density at radius 2 is 2.12 bits per heavy atom. The van der Waals surface area contributed by atoms with E-state index in [1.165, 1.54) is 4.52 Å². The van der Waals surface area contributed by atoms with Crippen molar-refractivity contribution in [2.75, 3.05) is 11.5 Å². The summed E-state index contributed by atoms with van der Waals surface area (Å²) in [5.74, 6) is 0.455. The number of rotatable bonds is 1. The lowest BCUT2D eigenvalue weighted by Gasteiger charge is -2.09. The largest absolute Gasteiger partial charge is 0.382 e. The fourth-order valence-electron chi connectivity index (χ4n) is 1.89. The Labute approximate surface area is 92.5 Å². The standard InChI is InChI=1S/C10H12N6/c1-3-6-5(2)9-14-10(13)15-16(9)8(12)7(6)4-11/h3,12H2,1-2H3,(H2,13,15). The van der Waals surface area contributed by atoms with E-state index in [-0.39, 0.29) is 5.95 Å². The highest BCUT2D eigenvalue weighted by Crippen LogP contribution is 2.24. The minimum absolute atomic E-state index is 0.159. The van der Waals surface area contributed by atoms with Crippen molar-refractivity contribution in [3.8, 4) is 6.07 Å². The van der Waals surface area contributed by atoms with Crippen molar-refractivity contribution in [2.45, 2.75) is 20.3 Å². The molecule has 0 aliphatic rings. The van der Waals surface area contributed by atoms with Crippen molar-refractivity contribution in [3.63, 3.8) is 0 Å². The summed E-state index contributed by atoms with van der Waals surface area (Å²) < 4.78 is 1.42. The summed E-state index contributed by atoms with van der Waals surface area (Å²) in [6.07, 6.45) is 0.724. The number of nitrogens with two attached hydrogens (primary N) is 2. The van der Waals surface area contributed by atoms with Crippen LogP contribution in [-0.4, -0.2) is 14.6 Å². The van der Waals surface area contributed by atoms with Gasteiger partial charge in [0.2, 0.25) is 5.95 Å². The van der Waals surface area contributed by atoms with Gasteiger partial charge in [-0.25, -0.2) is 0 Å². The van der Waals surface area contributed by atoms with Crippen molar-refractivity contribution >= 4 is 17.4 Å². The fourth-order valence-corrected chi connectivity index (χ4v) is 1.89. The van der Waals surface area contributed by atoms with Crippen molar-refractivity contribution in [1.82, 2.24) is 14.6 Å². The number of nitriles is 1. The summed E-state index contributed by atoms with van der Waals surface area (Å²) in [6.45, 7) is 3.86. The predicted octanol–water partition coefficient (Wildman–Crippen LogP) is 0.636. The summed E-state index contributed by atoms with van der Waals surface area (Å²) >= 11 is 0. The molecule has 0 fully saturated rings. The third-order valence-electron chi connectivity index (χ3n) is 2.66. The summed E-state index contributed by atoms with van der Waals surface area (Å²) in [5.41, 5.74) is 14.3. The number of anilines is 2. The Balaban J connectivity index is 2.99. The molecule has 0 aromatic carbocycles. The van der Waals surface area contributed by atoms with Gasteiger partial charge in [-0.1, -0.05) is 6.92 Å². The minimum Gasteiger partial charge on any atom is -0.382 e. The molecule has 0 saturated heterocycles. The molecule has 0 aliphatic carbocycles. The third kappa shape index (κ3) is 1.18. The maximum absolute atomic E-state index is 9.10. The van der Waals surface area contributed by atoms with Gasteiger partial charge in [-0.3, -0.25) is 0 Å². The highest BCUT2D eigenvalue weighted by Gasteiger charge is 2.16. The number of aromatic nitrogens is 3. The van der Waals surface area contributed by atoms with Crippen LogP contribution in [0.15, 0.2) is 0 Å². The lowest BCUT2D eigenvalue weighted by atomic mass is 10.0. The SMILES string of the molecule is CCc1c(C#N)c(N)n2nc(N)nc2c1C. The van der Waals surface area contributed by atoms with Gasteiger partial charge in [0, 0.05) is 0 Å². The Bertz CT molecular complexity index is 604. The van der Waals surface area contributed by atoms with Crippen LogP contribution in [0.5, 0.6) is 0 Å². The molecule has 0 amide bonds. The summed E-state index contributed by atoms with van der Waals surface area (Å²) in [6, 6.07) is 2.10. The maximum Gasteiger partial charge on any atom is 0.240 e. The van der Waals surface area contributed by atoms with Crippen LogP contribution >= 0.6 is 0 Å². The first kappa shape index (κ1) is 10.2. The first-order chi connectivity index (χ1) is 7.60. The van der Waals surface area contributed by atoms with Crippen LogP contribution in [0.3, 0.4) is 0 Å². The van der Waals surface area contributed by atoms with Crippen molar-refractivity contribution in [3.05, 3.63) is 16.7 Å². The molecule has 0 unspecified atom stereocenters. The Morgan fingerprint density at radius 1 is 1.44 bits per heavy atom. The van der Waals surface area contributed by atoms with E-state index in [9.17, 15) is 0 Å². The van der Waals surface area contributed by atoms with Crippen LogP contribution in [0, 0.1) is 18.3 Å². The summed E-state index contributed by atoms with van der Waals surface area (Å²) in [4.78, 5) is 4.10. The van der Waals surface area contributed by atoms with Gasteiger partial charge < -0.3 is 11.5 Å². The molecule has 6 nitrogen and oxygen atoms in total. The van der Waals surface area contributed by atoms with E-state index in [4.69, 9.17) is 16.7 Å². The van der Waals surface area contributed by atoms with E-state index in [1.54, 1.807) is 0 Å². The normalized spacial score (nSPS) is 10.6. The molecule has 0 spiro atoms. The lowest BCUT2D eigenvalue weighted by molar-refractivity contribution is 0.954. The van der Waals surface area contributed by atoms with E-state index in [1.807, 2.05) is 13.8 Å². The number of hydrogen-bond acceptors (Lipinski definition) is 5. The molecule has 82 valence electrons. The predicted molar refractivity (Wildman–Crippen MR) is 60.6 cm³/mol. The van der Waals surface area contributed by atoms with Gasteiger partial charge in [-0.05, 0) is 24.5 Å². The van der Waals surface area contributed by atoms with Gasteiger partial charge in [-0.15, -0.1) is 5.10 Å². The van der Waals surface area contributed by atoms with Gasteiger partial charge in [0.1, 0.15) is 11.9 Å². The van der Waals surface area contributed by atoms with Crippen LogP contribution in [0.4, 0.5) is 11.8 Å². The second-order valence-corrected chi connectivity index (χ2v) is 3.53. The molecule has 2 rings (SSSR count). The van der Waals surface area contributed by atoms with Gasteiger partial charge in [-0.2, -0.15) is 14.8 Å². The number of nitrogens with zero attached hydrogens (tertiary/aromatic N) is 4. The van der Waals surface area contributed by atoms with Crippen LogP contribution in [0.2, 0.25) is 0 Å². The molecule has 16 heavy (non-hydrogen) atoms. The van der Waals surface area contributed by atoms with Gasteiger partial charge in [0.05, 0.1) is 5.56 Å². The molecular formula is C10H12N6. The average molecular weight is 216 g/mol.